The molecule has 0 bridgehead atoms. The minimum Gasteiger partial charge on any atom is -0.365 e. The maximum Gasteiger partial charge on any atom is 0.156 e. The van der Waals surface area contributed by atoms with Crippen LogP contribution in [0.2, 0.25) is 0 Å². The molecule has 0 saturated heterocycles. The fourth-order valence-corrected chi connectivity index (χ4v) is 2.55. The molecule has 0 saturated carbocycles. The van der Waals surface area contributed by atoms with Gasteiger partial charge in [-0.25, -0.2) is 0 Å². The number of thioether (sulfide) groups is 1. The molecule has 0 spiro atoms. The summed E-state index contributed by atoms with van der Waals surface area (Å²) in [5, 5.41) is 4.52. The van der Waals surface area contributed by atoms with Crippen molar-refractivity contribution in [3.8, 4) is 0 Å². The first-order valence-electron chi connectivity index (χ1n) is 5.82. The number of nitrogens with one attached hydrogen (secondary N) is 1. The number of benzene rings is 1. The first kappa shape index (κ1) is 11.5. The Morgan fingerprint density at radius 3 is 2.88 bits per heavy atom. The Hall–Kier alpha value is -0.960. The number of hydrogen-bond donors (Lipinski definition) is 1. The molecule has 1 aromatic rings. The summed E-state index contributed by atoms with van der Waals surface area (Å²) in [6.07, 6.45) is 1.16. The highest BCUT2D eigenvalue weighted by Crippen LogP contribution is 2.18. The molecular formula is C13H18N2S. The molecule has 0 radical (unpaired) electrons. The Morgan fingerprint density at radius 1 is 1.38 bits per heavy atom. The Kier molecular flexibility index (Phi) is 4.28. The summed E-state index contributed by atoms with van der Waals surface area (Å²) in [6.45, 7) is 4.27. The molecule has 1 aliphatic heterocycles. The van der Waals surface area contributed by atoms with E-state index in [1.807, 2.05) is 11.8 Å². The van der Waals surface area contributed by atoms with E-state index < -0.39 is 0 Å². The standard InChI is InChI=1S/C13H18N2S/c1-11(12-5-3-2-4-6-12)7-8-14-13-15-9-10-16-13/h2-6,11H,7-10H2,1H3,(H,14,15). The van der Waals surface area contributed by atoms with Gasteiger partial charge in [0.15, 0.2) is 5.17 Å². The van der Waals surface area contributed by atoms with E-state index in [1.165, 1.54) is 5.56 Å². The van der Waals surface area contributed by atoms with E-state index in [1.54, 1.807) is 0 Å². The summed E-state index contributed by atoms with van der Waals surface area (Å²) in [5.74, 6) is 1.75. The fraction of sp³-hybridized carbons (Fsp3) is 0.462. The maximum absolute atomic E-state index is 4.37. The zero-order valence-corrected chi connectivity index (χ0v) is 10.5. The fourth-order valence-electron chi connectivity index (χ4n) is 1.79. The Labute approximate surface area is 102 Å². The number of rotatable bonds is 4. The minimum absolute atomic E-state index is 0.612. The van der Waals surface area contributed by atoms with Crippen molar-refractivity contribution >= 4 is 16.9 Å². The van der Waals surface area contributed by atoms with Crippen molar-refractivity contribution in [2.45, 2.75) is 19.3 Å². The second kappa shape index (κ2) is 5.94. The summed E-state index contributed by atoms with van der Waals surface area (Å²) in [4.78, 5) is 4.37. The molecule has 1 aromatic carbocycles. The average Bonchev–Trinajstić information content (AvgIpc) is 2.83. The van der Waals surface area contributed by atoms with Crippen molar-refractivity contribution in [1.29, 1.82) is 0 Å². The molecule has 1 atom stereocenters. The molecule has 1 heterocycles. The molecule has 2 nitrogen and oxygen atoms in total. The lowest BCUT2D eigenvalue weighted by atomic mass is 9.98. The third-order valence-corrected chi connectivity index (χ3v) is 3.74. The monoisotopic (exact) mass is 234 g/mol. The van der Waals surface area contributed by atoms with Gasteiger partial charge in [-0.15, -0.1) is 0 Å². The largest absolute Gasteiger partial charge is 0.365 e. The quantitative estimate of drug-likeness (QED) is 0.866. The lowest BCUT2D eigenvalue weighted by molar-refractivity contribution is 0.663. The Morgan fingerprint density at radius 2 is 2.19 bits per heavy atom. The van der Waals surface area contributed by atoms with Crippen LogP contribution in [-0.2, 0) is 0 Å². The molecular weight excluding hydrogens is 216 g/mol. The predicted molar refractivity (Wildman–Crippen MR) is 72.2 cm³/mol. The highest BCUT2D eigenvalue weighted by molar-refractivity contribution is 8.14. The summed E-state index contributed by atoms with van der Waals surface area (Å²) < 4.78 is 0. The lowest BCUT2D eigenvalue weighted by Crippen LogP contribution is -2.21. The molecule has 1 unspecified atom stereocenters. The van der Waals surface area contributed by atoms with Gasteiger partial charge in [0.1, 0.15) is 0 Å². The van der Waals surface area contributed by atoms with E-state index in [0.29, 0.717) is 5.92 Å². The van der Waals surface area contributed by atoms with Gasteiger partial charge in [-0.05, 0) is 17.9 Å². The van der Waals surface area contributed by atoms with Crippen LogP contribution in [0.3, 0.4) is 0 Å². The van der Waals surface area contributed by atoms with Gasteiger partial charge in [0.05, 0.1) is 6.54 Å². The molecule has 0 fully saturated rings. The van der Waals surface area contributed by atoms with Crippen LogP contribution in [0.15, 0.2) is 35.3 Å². The summed E-state index contributed by atoms with van der Waals surface area (Å²) in [6, 6.07) is 10.7. The van der Waals surface area contributed by atoms with Crippen molar-refractivity contribution in [3.63, 3.8) is 0 Å². The van der Waals surface area contributed by atoms with Gasteiger partial charge < -0.3 is 5.32 Å². The van der Waals surface area contributed by atoms with Gasteiger partial charge >= 0.3 is 0 Å². The third kappa shape index (κ3) is 3.27. The van der Waals surface area contributed by atoms with Crippen molar-refractivity contribution in [2.24, 2.45) is 4.99 Å². The van der Waals surface area contributed by atoms with E-state index >= 15 is 0 Å². The highest BCUT2D eigenvalue weighted by Gasteiger charge is 2.08. The molecule has 86 valence electrons. The van der Waals surface area contributed by atoms with Gasteiger partial charge in [-0.3, -0.25) is 4.99 Å². The molecule has 16 heavy (non-hydrogen) atoms. The highest BCUT2D eigenvalue weighted by atomic mass is 32.2. The van der Waals surface area contributed by atoms with Gasteiger partial charge in [-0.1, -0.05) is 49.0 Å². The smallest absolute Gasteiger partial charge is 0.156 e. The molecule has 0 amide bonds. The van der Waals surface area contributed by atoms with Gasteiger partial charge in [0.25, 0.3) is 0 Å². The van der Waals surface area contributed by atoms with Crippen LogP contribution in [0.1, 0.15) is 24.8 Å². The summed E-state index contributed by atoms with van der Waals surface area (Å²) in [7, 11) is 0. The predicted octanol–water partition coefficient (Wildman–Crippen LogP) is 2.87. The van der Waals surface area contributed by atoms with Crippen molar-refractivity contribution in [3.05, 3.63) is 35.9 Å². The topological polar surface area (TPSA) is 24.4 Å². The first-order valence-corrected chi connectivity index (χ1v) is 6.81. The summed E-state index contributed by atoms with van der Waals surface area (Å²) >= 11 is 1.83. The van der Waals surface area contributed by atoms with E-state index in [4.69, 9.17) is 0 Å². The van der Waals surface area contributed by atoms with Crippen LogP contribution >= 0.6 is 11.8 Å². The number of aliphatic imine (C=N–C) groups is 1. The van der Waals surface area contributed by atoms with Gasteiger partial charge in [0, 0.05) is 12.3 Å². The van der Waals surface area contributed by atoms with E-state index in [2.05, 4.69) is 47.6 Å². The van der Waals surface area contributed by atoms with Crippen molar-refractivity contribution in [1.82, 2.24) is 5.32 Å². The van der Waals surface area contributed by atoms with Crippen LogP contribution in [0.5, 0.6) is 0 Å². The van der Waals surface area contributed by atoms with Gasteiger partial charge in [-0.2, -0.15) is 0 Å². The average molecular weight is 234 g/mol. The zero-order valence-electron chi connectivity index (χ0n) is 9.65. The first-order chi connectivity index (χ1) is 7.86. The second-order valence-electron chi connectivity index (χ2n) is 4.06. The second-order valence-corrected chi connectivity index (χ2v) is 5.15. The van der Waals surface area contributed by atoms with E-state index in [9.17, 15) is 0 Å². The number of hydrogen-bond acceptors (Lipinski definition) is 3. The molecule has 3 heteroatoms. The van der Waals surface area contributed by atoms with Crippen molar-refractivity contribution < 1.29 is 0 Å². The van der Waals surface area contributed by atoms with Crippen LogP contribution in [0.25, 0.3) is 0 Å². The minimum atomic E-state index is 0.612. The van der Waals surface area contributed by atoms with Crippen LogP contribution < -0.4 is 5.32 Å². The Balaban J connectivity index is 1.73. The van der Waals surface area contributed by atoms with Crippen molar-refractivity contribution in [2.75, 3.05) is 18.8 Å². The molecule has 1 aliphatic rings. The van der Waals surface area contributed by atoms with Crippen LogP contribution in [0, 0.1) is 0 Å². The van der Waals surface area contributed by atoms with Crippen LogP contribution in [-0.4, -0.2) is 24.0 Å². The Bertz CT molecular complexity index is 348. The van der Waals surface area contributed by atoms with E-state index in [-0.39, 0.29) is 0 Å². The molecule has 0 aliphatic carbocycles. The number of amidine groups is 1. The lowest BCUT2D eigenvalue weighted by Gasteiger charge is -2.12. The SMILES string of the molecule is CC(CCNC1=NCCS1)c1ccccc1. The molecule has 2 rings (SSSR count). The number of nitrogens with zero attached hydrogens (tertiary/aromatic N) is 1. The summed E-state index contributed by atoms with van der Waals surface area (Å²) in [5.41, 5.74) is 1.42. The molecule has 1 N–H and O–H groups in total. The molecule has 0 aromatic heterocycles. The van der Waals surface area contributed by atoms with Gasteiger partial charge in [0.2, 0.25) is 0 Å². The maximum atomic E-state index is 4.37. The van der Waals surface area contributed by atoms with E-state index in [0.717, 1.165) is 30.4 Å². The third-order valence-electron chi connectivity index (χ3n) is 2.81. The zero-order chi connectivity index (χ0) is 11.2. The normalized spacial score (nSPS) is 16.9. The van der Waals surface area contributed by atoms with Crippen LogP contribution in [0.4, 0.5) is 0 Å².